The van der Waals surface area contributed by atoms with Gasteiger partial charge < -0.3 is 68.3 Å². The van der Waals surface area contributed by atoms with Crippen LogP contribution < -0.4 is 0 Å². The maximum atomic E-state index is 0. The first kappa shape index (κ1) is 76.6. The maximum Gasteiger partial charge on any atom is 3.00 e. The van der Waals surface area contributed by atoms with Crippen molar-refractivity contribution in [2.45, 2.75) is 0 Å². The molecule has 0 aliphatic rings. The third-order valence-electron chi connectivity index (χ3n) is 0. The van der Waals surface area contributed by atoms with Crippen molar-refractivity contribution in [1.29, 1.82) is 0 Å². The van der Waals surface area contributed by atoms with Crippen LogP contribution in [0.25, 0.3) is 0 Å². The molecule has 0 spiro atoms. The van der Waals surface area contributed by atoms with E-state index >= 15 is 0 Å². The van der Waals surface area contributed by atoms with E-state index in [0.29, 0.717) is 0 Å². The Morgan fingerprint density at radius 3 is 0.625 bits per heavy atom. The number of rotatable bonds is 0. The van der Waals surface area contributed by atoms with E-state index < -0.39 is 0 Å². The first-order chi connectivity index (χ1) is 0. The zero-order valence-corrected chi connectivity index (χ0v) is 21.6. The van der Waals surface area contributed by atoms with Crippen LogP contribution >= 0.6 is 13.5 Å². The summed E-state index contributed by atoms with van der Waals surface area (Å²) in [5.41, 5.74) is 0. The molecule has 40 valence electrons. The zero-order valence-electron chi connectivity index (χ0n) is 3.99. The monoisotopic (exact) mass is 651 g/mol. The number of hydrogen-bond donors (Lipinski definition) is 0. The Morgan fingerprint density at radius 1 is 0.625 bits per heavy atom. The van der Waals surface area contributed by atoms with Crippen molar-refractivity contribution in [3.63, 3.8) is 0 Å². The van der Waals surface area contributed by atoms with Crippen LogP contribution in [-0.2, 0) is 27.3 Å². The second kappa shape index (κ2) is 59.3. The van der Waals surface area contributed by atoms with Crippen LogP contribution in [0.3, 0.4) is 0 Å². The van der Waals surface area contributed by atoms with Gasteiger partial charge in [0.25, 0.3) is 0 Å². The Kier molecular flexibility index (Phi) is 568. The summed E-state index contributed by atoms with van der Waals surface area (Å²) < 4.78 is 0. The molecule has 0 unspecified atom stereocenters. The van der Waals surface area contributed by atoms with Gasteiger partial charge in [0.1, 0.15) is 0 Å². The predicted molar refractivity (Wildman–Crippen MR) is 44.9 cm³/mol. The zero-order chi connectivity index (χ0) is 0. The minimum Gasteiger partial charge on any atom is -2.00 e. The largest absolute Gasteiger partial charge is 3.00 e. The van der Waals surface area contributed by atoms with Gasteiger partial charge in [-0.05, 0) is 0 Å². The molecule has 0 radical (unpaired) electrons. The van der Waals surface area contributed by atoms with E-state index in [2.05, 4.69) is 0 Å². The Morgan fingerprint density at radius 2 is 0.625 bits per heavy atom. The van der Waals surface area contributed by atoms with Crippen molar-refractivity contribution in [2.75, 3.05) is 0 Å². The average molecular weight is 647 g/mol. The molecule has 0 aromatic carbocycles. The molecule has 0 bridgehead atoms. The summed E-state index contributed by atoms with van der Waals surface area (Å²) in [5.74, 6) is 0. The fourth-order valence-corrected chi connectivity index (χ4v) is 0. The summed E-state index contributed by atoms with van der Waals surface area (Å²) in [6, 6.07) is 0. The Labute approximate surface area is 151 Å². The van der Waals surface area contributed by atoms with Gasteiger partial charge in [0.05, 0.1) is 0 Å². The molecule has 0 amide bonds. The Balaban J connectivity index is 0. The van der Waals surface area contributed by atoms with Gasteiger partial charge in [-0.2, -0.15) is 13.5 Å². The van der Waals surface area contributed by atoms with Crippen LogP contribution in [0, 0.1) is 0 Å². The molecule has 0 N–H and O–H groups in total. The van der Waals surface area contributed by atoms with E-state index in [1.165, 1.54) is 0 Å². The van der Waals surface area contributed by atoms with Crippen LogP contribution in [0.5, 0.6) is 0 Å². The fraction of sp³-hybridized carbons (Fsp3) is 0. The van der Waals surface area contributed by atoms with E-state index in [4.69, 9.17) is 0 Å². The van der Waals surface area contributed by atoms with Gasteiger partial charge in [0.15, 0.2) is 0 Å². The Bertz CT molecular complexity index is 16.0. The smallest absolute Gasteiger partial charge is 2.00 e. The van der Waals surface area contributed by atoms with Crippen LogP contribution in [0.2, 0.25) is 0 Å². The second-order valence-electron chi connectivity index (χ2n) is 0. The molecule has 8 heavy (non-hydrogen) atoms. The molecule has 0 aromatic heterocycles. The standard InChI is InChI=1S/Cd.Ga.In.H2S.4Se/h;;;1H2;;;;/q+2;2*+3;;4*-2. The minimum atomic E-state index is 0. The normalized spacial score (nSPS) is 0. The van der Waals surface area contributed by atoms with Crippen molar-refractivity contribution < 1.29 is 27.3 Å². The van der Waals surface area contributed by atoms with Crippen molar-refractivity contribution in [3.05, 3.63) is 0 Å². The van der Waals surface area contributed by atoms with E-state index in [1.807, 2.05) is 0 Å². The third kappa shape index (κ3) is 44.7. The molecular formula is H2CdGaInSSe4. The average Bonchev–Trinajstić information content (AvgIpc) is 0. The molecule has 0 saturated heterocycles. The SMILES string of the molecule is S.[Cd+2].[Ga+3].[In+3].[Se-2].[Se-2].[Se-2].[Se-2]. The second-order valence-corrected chi connectivity index (χ2v) is 0. The fourth-order valence-electron chi connectivity index (χ4n) is 0. The first-order valence-electron chi connectivity index (χ1n) is 0. The summed E-state index contributed by atoms with van der Waals surface area (Å²) in [6.07, 6.45) is 0. The van der Waals surface area contributed by atoms with Gasteiger partial charge in [0.2, 0.25) is 0 Å². The molecule has 0 heterocycles. The molecule has 8 heteroatoms. The van der Waals surface area contributed by atoms with Crippen LogP contribution in [-0.4, -0.2) is 114 Å². The van der Waals surface area contributed by atoms with Gasteiger partial charge in [-0.15, -0.1) is 0 Å². The van der Waals surface area contributed by atoms with Crippen LogP contribution in [0.4, 0.5) is 0 Å². The Hall–Kier alpha value is 4.86. The van der Waals surface area contributed by atoms with E-state index in [9.17, 15) is 0 Å². The molecule has 0 aromatic rings. The predicted octanol–water partition coefficient (Wildman–Crippen LogP) is -2.17. The van der Waals surface area contributed by atoms with Crippen molar-refractivity contribution in [2.24, 2.45) is 0 Å². The molecule has 0 saturated carbocycles. The topological polar surface area (TPSA) is 0 Å². The number of hydrogen-bond acceptors (Lipinski definition) is 0. The molecule has 0 fully saturated rings. The molecule has 0 aliphatic carbocycles. The molecular weight excluding hydrogens is 645 g/mol. The molecule has 0 atom stereocenters. The van der Waals surface area contributed by atoms with E-state index in [0.717, 1.165) is 0 Å². The first-order valence-corrected chi connectivity index (χ1v) is 0. The van der Waals surface area contributed by atoms with Crippen molar-refractivity contribution in [1.82, 2.24) is 0 Å². The van der Waals surface area contributed by atoms with Crippen molar-refractivity contribution in [3.8, 4) is 0 Å². The summed E-state index contributed by atoms with van der Waals surface area (Å²) in [6.45, 7) is 0. The van der Waals surface area contributed by atoms with Gasteiger partial charge in [-0.3, -0.25) is 0 Å². The third-order valence-corrected chi connectivity index (χ3v) is 0. The van der Waals surface area contributed by atoms with Gasteiger partial charge >= 0.3 is 72.9 Å². The van der Waals surface area contributed by atoms with Gasteiger partial charge in [-0.1, -0.05) is 0 Å². The van der Waals surface area contributed by atoms with E-state index in [1.54, 1.807) is 0 Å². The maximum absolute atomic E-state index is 0. The molecule has 0 rings (SSSR count). The summed E-state index contributed by atoms with van der Waals surface area (Å²) in [5, 5.41) is 0. The van der Waals surface area contributed by atoms with E-state index in [-0.39, 0.29) is 155 Å². The van der Waals surface area contributed by atoms with Gasteiger partial charge in [-0.25, -0.2) is 0 Å². The van der Waals surface area contributed by atoms with Crippen LogP contribution in [0.15, 0.2) is 0 Å². The summed E-state index contributed by atoms with van der Waals surface area (Å²) in [7, 11) is 0. The van der Waals surface area contributed by atoms with Crippen LogP contribution in [0.1, 0.15) is 0 Å². The molecule has 0 nitrogen and oxygen atoms in total. The quantitative estimate of drug-likeness (QED) is 0.263. The summed E-state index contributed by atoms with van der Waals surface area (Å²) in [4.78, 5) is 0. The molecule has 0 aliphatic heterocycles. The minimum absolute atomic E-state index is 0. The summed E-state index contributed by atoms with van der Waals surface area (Å²) >= 11 is 0. The van der Waals surface area contributed by atoms with Crippen molar-refractivity contribution >= 4 is 127 Å². The van der Waals surface area contributed by atoms with Gasteiger partial charge in [0, 0.05) is 0 Å².